The molecular formula is C24H26N2O4. The summed E-state index contributed by atoms with van der Waals surface area (Å²) in [4.78, 5) is 40.8. The predicted molar refractivity (Wildman–Crippen MR) is 112 cm³/mol. The van der Waals surface area contributed by atoms with E-state index in [1.807, 2.05) is 30.3 Å². The SMILES string of the molecule is O=C(c1ccc(Oc2ccccc2)cc1)C1CCCN(C(=O)CN2CCCC2=O)C1. The van der Waals surface area contributed by atoms with Crippen molar-refractivity contribution in [2.45, 2.75) is 25.7 Å². The van der Waals surface area contributed by atoms with Gasteiger partial charge in [-0.15, -0.1) is 0 Å². The maximum atomic E-state index is 13.0. The molecule has 0 spiro atoms. The van der Waals surface area contributed by atoms with Crippen LogP contribution < -0.4 is 4.74 Å². The normalized spacial score (nSPS) is 19.1. The molecule has 2 aromatic rings. The van der Waals surface area contributed by atoms with E-state index in [1.54, 1.807) is 34.1 Å². The number of likely N-dealkylation sites (tertiary alicyclic amines) is 2. The number of ketones is 1. The highest BCUT2D eigenvalue weighted by molar-refractivity contribution is 5.98. The molecule has 1 unspecified atom stereocenters. The first-order valence-electron chi connectivity index (χ1n) is 10.5. The van der Waals surface area contributed by atoms with E-state index in [0.717, 1.165) is 25.0 Å². The molecule has 0 radical (unpaired) electrons. The highest BCUT2D eigenvalue weighted by Gasteiger charge is 2.31. The van der Waals surface area contributed by atoms with Crippen LogP contribution in [0.1, 0.15) is 36.0 Å². The molecular weight excluding hydrogens is 380 g/mol. The molecule has 2 aromatic carbocycles. The Bertz CT molecular complexity index is 911. The van der Waals surface area contributed by atoms with Crippen LogP contribution in [0, 0.1) is 5.92 Å². The zero-order valence-corrected chi connectivity index (χ0v) is 17.0. The lowest BCUT2D eigenvalue weighted by Gasteiger charge is -2.33. The third kappa shape index (κ3) is 4.70. The van der Waals surface area contributed by atoms with Crippen LogP contribution in [-0.2, 0) is 9.59 Å². The Hall–Kier alpha value is -3.15. The molecule has 0 bridgehead atoms. The van der Waals surface area contributed by atoms with E-state index in [0.29, 0.717) is 37.4 Å². The fourth-order valence-electron chi connectivity index (χ4n) is 4.10. The Morgan fingerprint density at radius 1 is 0.933 bits per heavy atom. The van der Waals surface area contributed by atoms with Crippen LogP contribution in [-0.4, -0.2) is 53.6 Å². The number of carbonyl (C=O) groups is 3. The predicted octanol–water partition coefficient (Wildman–Crippen LogP) is 3.52. The molecule has 0 aromatic heterocycles. The number of hydrogen-bond acceptors (Lipinski definition) is 4. The molecule has 6 heteroatoms. The summed E-state index contributed by atoms with van der Waals surface area (Å²) in [7, 11) is 0. The fourth-order valence-corrected chi connectivity index (χ4v) is 4.10. The highest BCUT2D eigenvalue weighted by atomic mass is 16.5. The van der Waals surface area contributed by atoms with Gasteiger partial charge in [0.1, 0.15) is 11.5 Å². The van der Waals surface area contributed by atoms with Crippen LogP contribution in [0.25, 0.3) is 0 Å². The van der Waals surface area contributed by atoms with E-state index in [-0.39, 0.29) is 30.1 Å². The van der Waals surface area contributed by atoms with Gasteiger partial charge in [0.15, 0.2) is 5.78 Å². The minimum Gasteiger partial charge on any atom is -0.457 e. The first-order valence-corrected chi connectivity index (χ1v) is 10.5. The van der Waals surface area contributed by atoms with E-state index >= 15 is 0 Å². The monoisotopic (exact) mass is 406 g/mol. The van der Waals surface area contributed by atoms with Crippen molar-refractivity contribution in [3.63, 3.8) is 0 Å². The van der Waals surface area contributed by atoms with Gasteiger partial charge in [-0.25, -0.2) is 0 Å². The third-order valence-electron chi connectivity index (χ3n) is 5.76. The summed E-state index contributed by atoms with van der Waals surface area (Å²) in [5.41, 5.74) is 0.629. The summed E-state index contributed by atoms with van der Waals surface area (Å²) in [5.74, 6) is 1.25. The standard InChI is InChI=1S/C24H26N2O4/c27-22-9-5-15-26(22)17-23(28)25-14-4-6-19(16-25)24(29)18-10-12-21(13-11-18)30-20-7-2-1-3-8-20/h1-3,7-8,10-13,19H,4-6,9,14-17H2. The molecule has 2 heterocycles. The zero-order valence-electron chi connectivity index (χ0n) is 17.0. The number of Topliss-reactive ketones (excluding diaryl/α,β-unsaturated/α-hetero) is 1. The van der Waals surface area contributed by atoms with Gasteiger partial charge in [-0.1, -0.05) is 18.2 Å². The fraction of sp³-hybridized carbons (Fsp3) is 0.375. The van der Waals surface area contributed by atoms with E-state index in [4.69, 9.17) is 4.74 Å². The lowest BCUT2D eigenvalue weighted by molar-refractivity contribution is -0.139. The maximum absolute atomic E-state index is 13.0. The van der Waals surface area contributed by atoms with Crippen molar-refractivity contribution in [3.8, 4) is 11.5 Å². The molecule has 0 aliphatic carbocycles. The lowest BCUT2D eigenvalue weighted by atomic mass is 9.90. The average molecular weight is 406 g/mol. The number of piperidine rings is 1. The summed E-state index contributed by atoms with van der Waals surface area (Å²) in [6, 6.07) is 16.6. The lowest BCUT2D eigenvalue weighted by Crippen LogP contribution is -2.46. The molecule has 6 nitrogen and oxygen atoms in total. The quantitative estimate of drug-likeness (QED) is 0.689. The van der Waals surface area contributed by atoms with Gasteiger partial charge in [-0.2, -0.15) is 0 Å². The second-order valence-electron chi connectivity index (χ2n) is 7.90. The van der Waals surface area contributed by atoms with Gasteiger partial charge in [-0.05, 0) is 55.7 Å². The Balaban J connectivity index is 1.35. The minimum absolute atomic E-state index is 0.0470. The Morgan fingerprint density at radius 2 is 1.67 bits per heavy atom. The highest BCUT2D eigenvalue weighted by Crippen LogP contribution is 2.25. The van der Waals surface area contributed by atoms with Gasteiger partial charge >= 0.3 is 0 Å². The van der Waals surface area contributed by atoms with Crippen LogP contribution >= 0.6 is 0 Å². The van der Waals surface area contributed by atoms with Crippen molar-refractivity contribution in [1.82, 2.24) is 9.80 Å². The molecule has 2 saturated heterocycles. The smallest absolute Gasteiger partial charge is 0.242 e. The first-order chi connectivity index (χ1) is 14.6. The number of hydrogen-bond donors (Lipinski definition) is 0. The van der Waals surface area contributed by atoms with Gasteiger partial charge in [0.25, 0.3) is 0 Å². The van der Waals surface area contributed by atoms with Gasteiger partial charge in [0.05, 0.1) is 6.54 Å². The first kappa shape index (κ1) is 20.1. The average Bonchev–Trinajstić information content (AvgIpc) is 3.19. The molecule has 2 aliphatic heterocycles. The van der Waals surface area contributed by atoms with Crippen LogP contribution in [0.2, 0.25) is 0 Å². The van der Waals surface area contributed by atoms with Crippen LogP contribution in [0.5, 0.6) is 11.5 Å². The van der Waals surface area contributed by atoms with Crippen molar-refractivity contribution in [1.29, 1.82) is 0 Å². The molecule has 1 atom stereocenters. The Labute approximate surface area is 176 Å². The summed E-state index contributed by atoms with van der Waals surface area (Å²) >= 11 is 0. The molecule has 2 fully saturated rings. The van der Waals surface area contributed by atoms with Crippen molar-refractivity contribution < 1.29 is 19.1 Å². The van der Waals surface area contributed by atoms with Crippen molar-refractivity contribution in [2.75, 3.05) is 26.2 Å². The van der Waals surface area contributed by atoms with Gasteiger partial charge in [0.2, 0.25) is 11.8 Å². The number of amides is 2. The largest absolute Gasteiger partial charge is 0.457 e. The number of benzene rings is 2. The molecule has 30 heavy (non-hydrogen) atoms. The molecule has 2 amide bonds. The van der Waals surface area contributed by atoms with Gasteiger partial charge in [-0.3, -0.25) is 14.4 Å². The van der Waals surface area contributed by atoms with Crippen molar-refractivity contribution in [2.24, 2.45) is 5.92 Å². The second kappa shape index (κ2) is 9.11. The van der Waals surface area contributed by atoms with Crippen LogP contribution in [0.3, 0.4) is 0 Å². The van der Waals surface area contributed by atoms with E-state index in [2.05, 4.69) is 0 Å². The van der Waals surface area contributed by atoms with E-state index in [1.165, 1.54) is 0 Å². The second-order valence-corrected chi connectivity index (χ2v) is 7.90. The summed E-state index contributed by atoms with van der Waals surface area (Å²) in [6.45, 7) is 1.85. The molecule has 156 valence electrons. The maximum Gasteiger partial charge on any atom is 0.242 e. The van der Waals surface area contributed by atoms with Crippen LogP contribution in [0.15, 0.2) is 54.6 Å². The van der Waals surface area contributed by atoms with Crippen molar-refractivity contribution >= 4 is 17.6 Å². The molecule has 0 saturated carbocycles. The minimum atomic E-state index is -0.210. The summed E-state index contributed by atoms with van der Waals surface area (Å²) in [6.07, 6.45) is 2.91. The van der Waals surface area contributed by atoms with Gasteiger partial charge < -0.3 is 14.5 Å². The van der Waals surface area contributed by atoms with Crippen LogP contribution in [0.4, 0.5) is 0 Å². The number of rotatable bonds is 6. The topological polar surface area (TPSA) is 66.9 Å². The van der Waals surface area contributed by atoms with Gasteiger partial charge in [0, 0.05) is 37.5 Å². The number of para-hydroxylation sites is 1. The number of carbonyl (C=O) groups excluding carboxylic acids is 3. The Kier molecular flexibility index (Phi) is 6.12. The molecule has 2 aliphatic rings. The van der Waals surface area contributed by atoms with E-state index in [9.17, 15) is 14.4 Å². The summed E-state index contributed by atoms with van der Waals surface area (Å²) < 4.78 is 5.78. The number of ether oxygens (including phenoxy) is 1. The van der Waals surface area contributed by atoms with E-state index < -0.39 is 0 Å². The zero-order chi connectivity index (χ0) is 20.9. The van der Waals surface area contributed by atoms with Crippen molar-refractivity contribution in [3.05, 3.63) is 60.2 Å². The molecule has 0 N–H and O–H groups in total. The third-order valence-corrected chi connectivity index (χ3v) is 5.76. The molecule has 4 rings (SSSR count). The Morgan fingerprint density at radius 3 is 2.37 bits per heavy atom. The summed E-state index contributed by atoms with van der Waals surface area (Å²) in [5, 5.41) is 0. The number of nitrogens with zero attached hydrogens (tertiary/aromatic N) is 2.